The molecule has 0 heterocycles. The van der Waals surface area contributed by atoms with E-state index in [4.69, 9.17) is 0 Å². The minimum Gasteiger partial charge on any atom is -0.271 e. The highest BCUT2D eigenvalue weighted by atomic mass is 127. The molecule has 0 aromatic heterocycles. The van der Waals surface area contributed by atoms with Gasteiger partial charge in [0.15, 0.2) is 0 Å². The molecule has 0 fully saturated rings. The third kappa shape index (κ3) is 5.88. The molecule has 0 aliphatic rings. The number of rotatable bonds is 8. The van der Waals surface area contributed by atoms with Crippen molar-refractivity contribution in [3.63, 3.8) is 0 Å². The van der Waals surface area contributed by atoms with Crippen LogP contribution in [0.4, 0.5) is 11.4 Å². The molecule has 0 unspecified atom stereocenters. The summed E-state index contributed by atoms with van der Waals surface area (Å²) in [5, 5.41) is 14.5. The van der Waals surface area contributed by atoms with Crippen molar-refractivity contribution >= 4 is 56.1 Å². The molecular weight excluding hydrogens is 547 g/mol. The third-order valence-corrected chi connectivity index (χ3v) is 6.75. The molecule has 0 aliphatic heterocycles. The number of carbonyl (C=O) groups is 1. The summed E-state index contributed by atoms with van der Waals surface area (Å²) in [5.41, 5.74) is 3.10. The monoisotopic (exact) mass is 564 g/mol. The molecule has 0 radical (unpaired) electrons. The van der Waals surface area contributed by atoms with Gasteiger partial charge in [0.1, 0.15) is 6.54 Å². The van der Waals surface area contributed by atoms with E-state index in [9.17, 15) is 23.3 Å². The average Bonchev–Trinajstić information content (AvgIpc) is 2.79. The number of nitrogens with one attached hydrogen (secondary N) is 1. The van der Waals surface area contributed by atoms with Crippen molar-refractivity contribution in [3.8, 4) is 0 Å². The fraction of sp³-hybridized carbons (Fsp3) is 0.0476. The van der Waals surface area contributed by atoms with Crippen molar-refractivity contribution in [2.24, 2.45) is 5.10 Å². The maximum absolute atomic E-state index is 13.2. The van der Waals surface area contributed by atoms with Crippen molar-refractivity contribution in [2.45, 2.75) is 4.90 Å². The first-order valence-electron chi connectivity index (χ1n) is 9.17. The van der Waals surface area contributed by atoms with Crippen LogP contribution in [0.25, 0.3) is 0 Å². The molecule has 0 saturated heterocycles. The van der Waals surface area contributed by atoms with Gasteiger partial charge in [-0.25, -0.2) is 13.8 Å². The van der Waals surface area contributed by atoms with Crippen LogP contribution in [-0.4, -0.2) is 32.0 Å². The largest absolute Gasteiger partial charge is 0.271 e. The van der Waals surface area contributed by atoms with E-state index >= 15 is 0 Å². The number of nitrogens with zero attached hydrogens (tertiary/aromatic N) is 3. The highest BCUT2D eigenvalue weighted by Gasteiger charge is 2.27. The van der Waals surface area contributed by atoms with Crippen molar-refractivity contribution in [1.82, 2.24) is 5.43 Å². The summed E-state index contributed by atoms with van der Waals surface area (Å²) in [4.78, 5) is 22.7. The van der Waals surface area contributed by atoms with Gasteiger partial charge in [0.2, 0.25) is 0 Å². The van der Waals surface area contributed by atoms with Crippen LogP contribution in [0.15, 0.2) is 88.9 Å². The Morgan fingerprint density at radius 2 is 1.66 bits per heavy atom. The molecule has 1 N–H and O–H groups in total. The number of non-ortho nitro benzene ring substituents is 1. The lowest BCUT2D eigenvalue weighted by molar-refractivity contribution is -0.384. The van der Waals surface area contributed by atoms with Crippen molar-refractivity contribution < 1.29 is 18.1 Å². The minimum absolute atomic E-state index is 0.0562. The SMILES string of the molecule is O=C(CN(c1ccc(I)cc1)S(=O)(=O)c1ccccc1)N/N=C\c1ccc([N+](=O)[O-])cc1. The lowest BCUT2D eigenvalue weighted by Gasteiger charge is -2.23. The molecule has 0 bridgehead atoms. The van der Waals surface area contributed by atoms with Gasteiger partial charge in [-0.2, -0.15) is 5.10 Å². The van der Waals surface area contributed by atoms with Gasteiger partial charge in [0.25, 0.3) is 21.6 Å². The lowest BCUT2D eigenvalue weighted by Crippen LogP contribution is -2.39. The van der Waals surface area contributed by atoms with Gasteiger partial charge in [-0.15, -0.1) is 0 Å². The Morgan fingerprint density at radius 3 is 2.25 bits per heavy atom. The number of anilines is 1. The zero-order chi connectivity index (χ0) is 23.1. The number of benzene rings is 3. The summed E-state index contributed by atoms with van der Waals surface area (Å²) >= 11 is 2.10. The maximum atomic E-state index is 13.2. The standard InChI is InChI=1S/C21H17IN4O5S/c22-17-8-12-18(13-9-17)25(32(30,31)20-4-2-1-3-5-20)15-21(27)24-23-14-16-6-10-19(11-7-16)26(28)29/h1-14H,15H2,(H,24,27)/b23-14-. The Labute approximate surface area is 198 Å². The normalized spacial score (nSPS) is 11.3. The van der Waals surface area contributed by atoms with E-state index in [2.05, 4.69) is 33.1 Å². The predicted molar refractivity (Wildman–Crippen MR) is 129 cm³/mol. The minimum atomic E-state index is -4.00. The van der Waals surface area contributed by atoms with Gasteiger partial charge < -0.3 is 0 Å². The second-order valence-electron chi connectivity index (χ2n) is 6.44. The molecule has 1 amide bonds. The molecule has 3 rings (SSSR count). The molecule has 164 valence electrons. The number of amides is 1. The molecule has 3 aromatic carbocycles. The van der Waals surface area contributed by atoms with Crippen LogP contribution >= 0.6 is 22.6 Å². The Kier molecular flexibility index (Phi) is 7.53. The Bertz CT molecular complexity index is 1230. The van der Waals surface area contributed by atoms with E-state index in [1.54, 1.807) is 42.5 Å². The summed E-state index contributed by atoms with van der Waals surface area (Å²) in [7, 11) is -4.00. The van der Waals surface area contributed by atoms with E-state index in [1.165, 1.54) is 42.6 Å². The molecule has 11 heteroatoms. The van der Waals surface area contributed by atoms with Crippen LogP contribution in [0.5, 0.6) is 0 Å². The van der Waals surface area contributed by atoms with Gasteiger partial charge in [0.05, 0.1) is 21.7 Å². The molecule has 3 aromatic rings. The smallest absolute Gasteiger partial charge is 0.269 e. The van der Waals surface area contributed by atoms with E-state index in [1.807, 2.05) is 0 Å². The van der Waals surface area contributed by atoms with Crippen LogP contribution in [0.1, 0.15) is 5.56 Å². The molecule has 0 saturated carbocycles. The van der Waals surface area contributed by atoms with Crippen LogP contribution in [0.2, 0.25) is 0 Å². The van der Waals surface area contributed by atoms with Crippen molar-refractivity contribution in [2.75, 3.05) is 10.8 Å². The molecule has 9 nitrogen and oxygen atoms in total. The number of nitro benzene ring substituents is 1. The number of hydrazone groups is 1. The lowest BCUT2D eigenvalue weighted by atomic mass is 10.2. The summed E-state index contributed by atoms with van der Waals surface area (Å²) in [6, 6.07) is 20.1. The Hall–Kier alpha value is -3.32. The maximum Gasteiger partial charge on any atom is 0.269 e. The first-order valence-corrected chi connectivity index (χ1v) is 11.7. The van der Waals surface area contributed by atoms with Crippen LogP contribution < -0.4 is 9.73 Å². The van der Waals surface area contributed by atoms with Gasteiger partial charge in [-0.3, -0.25) is 19.2 Å². The second kappa shape index (κ2) is 10.3. The first-order chi connectivity index (χ1) is 15.3. The predicted octanol–water partition coefficient (Wildman–Crippen LogP) is 3.55. The molecule has 32 heavy (non-hydrogen) atoms. The van der Waals surface area contributed by atoms with E-state index in [-0.39, 0.29) is 10.6 Å². The van der Waals surface area contributed by atoms with Crippen LogP contribution in [-0.2, 0) is 14.8 Å². The highest BCUT2D eigenvalue weighted by Crippen LogP contribution is 2.24. The molecule has 0 spiro atoms. The highest BCUT2D eigenvalue weighted by molar-refractivity contribution is 14.1. The van der Waals surface area contributed by atoms with Crippen LogP contribution in [0, 0.1) is 13.7 Å². The topological polar surface area (TPSA) is 122 Å². The van der Waals surface area contributed by atoms with Gasteiger partial charge in [0, 0.05) is 15.7 Å². The zero-order valence-corrected chi connectivity index (χ0v) is 19.4. The summed E-state index contributed by atoms with van der Waals surface area (Å²) in [6.45, 7) is -0.491. The fourth-order valence-electron chi connectivity index (χ4n) is 2.67. The summed E-state index contributed by atoms with van der Waals surface area (Å²) in [6.07, 6.45) is 1.31. The zero-order valence-electron chi connectivity index (χ0n) is 16.5. The van der Waals surface area contributed by atoms with Gasteiger partial charge in [-0.05, 0) is 76.7 Å². The van der Waals surface area contributed by atoms with Gasteiger partial charge in [-0.1, -0.05) is 18.2 Å². The summed E-state index contributed by atoms with van der Waals surface area (Å²) < 4.78 is 28.3. The number of nitro groups is 1. The molecular formula is C21H17IN4O5S. The van der Waals surface area contributed by atoms with Gasteiger partial charge >= 0.3 is 0 Å². The van der Waals surface area contributed by atoms with Crippen molar-refractivity contribution in [1.29, 1.82) is 0 Å². The van der Waals surface area contributed by atoms with E-state index < -0.39 is 27.4 Å². The molecule has 0 aliphatic carbocycles. The summed E-state index contributed by atoms with van der Waals surface area (Å²) in [5.74, 6) is -0.652. The number of hydrogen-bond acceptors (Lipinski definition) is 6. The number of halogens is 1. The Morgan fingerprint density at radius 1 is 1.03 bits per heavy atom. The quantitative estimate of drug-likeness (QED) is 0.194. The number of sulfonamides is 1. The number of hydrogen-bond donors (Lipinski definition) is 1. The average molecular weight is 564 g/mol. The number of carbonyl (C=O) groups excluding carboxylic acids is 1. The van der Waals surface area contributed by atoms with Crippen LogP contribution in [0.3, 0.4) is 0 Å². The molecule has 0 atom stereocenters. The first kappa shape index (κ1) is 23.3. The van der Waals surface area contributed by atoms with E-state index in [0.29, 0.717) is 11.3 Å². The Balaban J connectivity index is 1.78. The van der Waals surface area contributed by atoms with E-state index in [0.717, 1.165) is 7.88 Å². The fourth-order valence-corrected chi connectivity index (χ4v) is 4.47. The second-order valence-corrected chi connectivity index (χ2v) is 9.55. The van der Waals surface area contributed by atoms with Crippen molar-refractivity contribution in [3.05, 3.63) is 98.1 Å². The third-order valence-electron chi connectivity index (χ3n) is 4.24.